The van der Waals surface area contributed by atoms with Gasteiger partial charge in [-0.1, -0.05) is 37.3 Å². The SMILES string of the molecule is CCC1Sc2ccccc2-c2c1c(C(=O)O)nn2-c1ccc(CO)cc1. The molecule has 0 spiro atoms. The van der Waals surface area contributed by atoms with E-state index in [9.17, 15) is 15.0 Å². The Kier molecular flexibility index (Phi) is 4.30. The summed E-state index contributed by atoms with van der Waals surface area (Å²) >= 11 is 1.70. The van der Waals surface area contributed by atoms with Gasteiger partial charge < -0.3 is 10.2 Å². The molecule has 0 radical (unpaired) electrons. The van der Waals surface area contributed by atoms with Crippen LogP contribution in [0.1, 0.15) is 40.2 Å². The second kappa shape index (κ2) is 6.63. The fourth-order valence-corrected chi connectivity index (χ4v) is 4.61. The Hall–Kier alpha value is -2.57. The van der Waals surface area contributed by atoms with Crippen molar-refractivity contribution in [2.24, 2.45) is 0 Å². The zero-order valence-electron chi connectivity index (χ0n) is 14.2. The lowest BCUT2D eigenvalue weighted by Crippen LogP contribution is -2.08. The fourth-order valence-electron chi connectivity index (χ4n) is 3.35. The van der Waals surface area contributed by atoms with Crippen molar-refractivity contribution >= 4 is 17.7 Å². The molecule has 2 aromatic carbocycles. The summed E-state index contributed by atoms with van der Waals surface area (Å²) in [4.78, 5) is 13.0. The molecule has 1 atom stereocenters. The number of benzene rings is 2. The first kappa shape index (κ1) is 16.9. The van der Waals surface area contributed by atoms with Crippen LogP contribution in [0.2, 0.25) is 0 Å². The summed E-state index contributed by atoms with van der Waals surface area (Å²) in [6.07, 6.45) is 0.821. The van der Waals surface area contributed by atoms with Crippen molar-refractivity contribution in [1.82, 2.24) is 9.78 Å². The molecule has 1 aliphatic rings. The fraction of sp³-hybridized carbons (Fsp3) is 0.200. The molecular weight excluding hydrogens is 348 g/mol. The Labute approximate surface area is 155 Å². The predicted molar refractivity (Wildman–Crippen MR) is 101 cm³/mol. The van der Waals surface area contributed by atoms with Crippen LogP contribution in [-0.2, 0) is 6.61 Å². The van der Waals surface area contributed by atoms with Crippen molar-refractivity contribution in [3.8, 4) is 16.9 Å². The third-order valence-electron chi connectivity index (χ3n) is 4.59. The molecule has 0 bridgehead atoms. The van der Waals surface area contributed by atoms with Crippen LogP contribution in [0.4, 0.5) is 0 Å². The zero-order chi connectivity index (χ0) is 18.3. The number of nitrogens with zero attached hydrogens (tertiary/aromatic N) is 2. The van der Waals surface area contributed by atoms with Gasteiger partial charge >= 0.3 is 5.97 Å². The lowest BCUT2D eigenvalue weighted by molar-refractivity contribution is 0.0688. The van der Waals surface area contributed by atoms with Gasteiger partial charge in [0, 0.05) is 21.3 Å². The number of rotatable bonds is 4. The molecule has 0 amide bonds. The maximum atomic E-state index is 11.9. The number of carbonyl (C=O) groups is 1. The predicted octanol–water partition coefficient (Wildman–Crippen LogP) is 4.29. The molecule has 3 aromatic rings. The molecule has 0 aliphatic carbocycles. The Morgan fingerprint density at radius 3 is 2.58 bits per heavy atom. The summed E-state index contributed by atoms with van der Waals surface area (Å²) in [5, 5.41) is 23.5. The van der Waals surface area contributed by atoms with Gasteiger partial charge in [-0.05, 0) is 30.2 Å². The number of aliphatic hydroxyl groups excluding tert-OH is 1. The van der Waals surface area contributed by atoms with E-state index in [-0.39, 0.29) is 17.6 Å². The van der Waals surface area contributed by atoms with E-state index < -0.39 is 5.97 Å². The molecule has 1 aromatic heterocycles. The van der Waals surface area contributed by atoms with Gasteiger partial charge in [0.1, 0.15) is 0 Å². The number of thioether (sulfide) groups is 1. The maximum absolute atomic E-state index is 11.9. The second-order valence-corrected chi connectivity index (χ2v) is 7.41. The summed E-state index contributed by atoms with van der Waals surface area (Å²) in [5.41, 5.74) is 4.33. The van der Waals surface area contributed by atoms with E-state index in [0.717, 1.165) is 39.4 Å². The highest BCUT2D eigenvalue weighted by Crippen LogP contribution is 2.51. The zero-order valence-corrected chi connectivity index (χ0v) is 15.0. The van der Waals surface area contributed by atoms with Crippen LogP contribution in [0.15, 0.2) is 53.4 Å². The van der Waals surface area contributed by atoms with E-state index in [1.165, 1.54) is 0 Å². The molecule has 0 saturated carbocycles. The standard InChI is InChI=1S/C20H18N2O3S/c1-2-15-17-18(20(24)25)21-22(13-9-7-12(11-23)8-10-13)19(17)14-5-3-4-6-16(14)26-15/h3-10,15,23H,2,11H2,1H3,(H,24,25). The summed E-state index contributed by atoms with van der Waals surface area (Å²) in [7, 11) is 0. The lowest BCUT2D eigenvalue weighted by atomic mass is 10.00. The molecular formula is C20H18N2O3S. The van der Waals surface area contributed by atoms with Crippen molar-refractivity contribution in [3.63, 3.8) is 0 Å². The van der Waals surface area contributed by atoms with Gasteiger partial charge in [0.2, 0.25) is 0 Å². The Balaban J connectivity index is 2.01. The van der Waals surface area contributed by atoms with E-state index in [4.69, 9.17) is 0 Å². The van der Waals surface area contributed by atoms with Gasteiger partial charge in [0.25, 0.3) is 0 Å². The number of carboxylic acids is 1. The first-order chi connectivity index (χ1) is 12.6. The van der Waals surface area contributed by atoms with Gasteiger partial charge in [-0.15, -0.1) is 11.8 Å². The number of aromatic nitrogens is 2. The Morgan fingerprint density at radius 2 is 1.92 bits per heavy atom. The molecule has 6 heteroatoms. The number of carboxylic acid groups (broad SMARTS) is 1. The number of aromatic carboxylic acids is 1. The summed E-state index contributed by atoms with van der Waals surface area (Å²) in [5.74, 6) is -1.01. The van der Waals surface area contributed by atoms with Gasteiger partial charge in [-0.2, -0.15) is 5.10 Å². The normalized spacial score (nSPS) is 15.4. The molecule has 1 unspecified atom stereocenters. The molecule has 5 nitrogen and oxygen atoms in total. The molecule has 2 heterocycles. The van der Waals surface area contributed by atoms with Crippen LogP contribution >= 0.6 is 11.8 Å². The molecule has 132 valence electrons. The molecule has 0 saturated heterocycles. The van der Waals surface area contributed by atoms with Crippen LogP contribution in [-0.4, -0.2) is 26.0 Å². The average molecular weight is 366 g/mol. The number of aliphatic hydroxyl groups is 1. The van der Waals surface area contributed by atoms with Crippen LogP contribution < -0.4 is 0 Å². The minimum atomic E-state index is -1.01. The third-order valence-corrected chi connectivity index (χ3v) is 6.06. The minimum absolute atomic E-state index is 0.0325. The average Bonchev–Trinajstić information content (AvgIpc) is 3.08. The lowest BCUT2D eigenvalue weighted by Gasteiger charge is -2.24. The number of hydrogen-bond acceptors (Lipinski definition) is 4. The van der Waals surface area contributed by atoms with Gasteiger partial charge in [0.15, 0.2) is 5.69 Å². The van der Waals surface area contributed by atoms with Crippen LogP contribution in [0.25, 0.3) is 16.9 Å². The van der Waals surface area contributed by atoms with Crippen molar-refractivity contribution in [2.75, 3.05) is 0 Å². The largest absolute Gasteiger partial charge is 0.476 e. The van der Waals surface area contributed by atoms with E-state index >= 15 is 0 Å². The first-order valence-corrected chi connectivity index (χ1v) is 9.34. The Bertz CT molecular complexity index is 979. The van der Waals surface area contributed by atoms with E-state index in [1.54, 1.807) is 16.4 Å². The summed E-state index contributed by atoms with van der Waals surface area (Å²) in [6, 6.07) is 15.4. The molecule has 0 fully saturated rings. The highest BCUT2D eigenvalue weighted by molar-refractivity contribution is 7.99. The Morgan fingerprint density at radius 1 is 1.19 bits per heavy atom. The van der Waals surface area contributed by atoms with Crippen molar-refractivity contribution in [2.45, 2.75) is 30.1 Å². The number of hydrogen-bond donors (Lipinski definition) is 2. The highest BCUT2D eigenvalue weighted by Gasteiger charge is 2.34. The van der Waals surface area contributed by atoms with Crippen molar-refractivity contribution in [1.29, 1.82) is 0 Å². The van der Waals surface area contributed by atoms with Gasteiger partial charge in [-0.25, -0.2) is 9.48 Å². The van der Waals surface area contributed by atoms with Gasteiger partial charge in [0.05, 0.1) is 18.0 Å². The number of fused-ring (bicyclic) bond motifs is 3. The van der Waals surface area contributed by atoms with Crippen molar-refractivity contribution < 1.29 is 15.0 Å². The third kappa shape index (κ3) is 2.62. The van der Waals surface area contributed by atoms with E-state index in [2.05, 4.69) is 18.1 Å². The van der Waals surface area contributed by atoms with E-state index in [0.29, 0.717) is 0 Å². The molecule has 4 rings (SSSR count). The monoisotopic (exact) mass is 366 g/mol. The summed E-state index contributed by atoms with van der Waals surface area (Å²) < 4.78 is 1.72. The molecule has 2 N–H and O–H groups in total. The maximum Gasteiger partial charge on any atom is 0.356 e. The topological polar surface area (TPSA) is 75.3 Å². The van der Waals surface area contributed by atoms with Crippen LogP contribution in [0.3, 0.4) is 0 Å². The van der Waals surface area contributed by atoms with Crippen LogP contribution in [0, 0.1) is 0 Å². The minimum Gasteiger partial charge on any atom is -0.476 e. The van der Waals surface area contributed by atoms with Crippen LogP contribution in [0.5, 0.6) is 0 Å². The van der Waals surface area contributed by atoms with Crippen molar-refractivity contribution in [3.05, 3.63) is 65.4 Å². The second-order valence-electron chi connectivity index (χ2n) is 6.16. The summed E-state index contributed by atoms with van der Waals surface area (Å²) in [6.45, 7) is 2.03. The smallest absolute Gasteiger partial charge is 0.356 e. The molecule has 1 aliphatic heterocycles. The first-order valence-electron chi connectivity index (χ1n) is 8.46. The van der Waals surface area contributed by atoms with Gasteiger partial charge in [-0.3, -0.25) is 0 Å². The quantitative estimate of drug-likeness (QED) is 0.720. The van der Waals surface area contributed by atoms with E-state index in [1.807, 2.05) is 42.5 Å². The molecule has 26 heavy (non-hydrogen) atoms. The highest BCUT2D eigenvalue weighted by atomic mass is 32.2.